The van der Waals surface area contributed by atoms with Crippen LogP contribution in [0.4, 0.5) is 11.5 Å². The first-order valence-electron chi connectivity index (χ1n) is 8.50. The number of nitriles is 1. The number of amides is 1. The molecule has 2 N–H and O–H groups in total. The standard InChI is InChI=1S/C21H16N4O3S/c22-15-17(14-16-6-2-1-3-7-16)21(26)24-18-9-11-19(12-10-18)29(27,28)25-20-8-4-5-13-23-20/h1-14H,(H,23,25)(H,24,26)/b17-14+. The summed E-state index contributed by atoms with van der Waals surface area (Å²) in [7, 11) is -3.81. The van der Waals surface area contributed by atoms with Crippen LogP contribution < -0.4 is 10.0 Å². The SMILES string of the molecule is N#C/C(=C\c1ccccc1)C(=O)Nc1ccc(S(=O)(=O)Nc2ccccn2)cc1. The Hall–Kier alpha value is -3.96. The average molecular weight is 404 g/mol. The molecule has 8 heteroatoms. The maximum absolute atomic E-state index is 12.4. The van der Waals surface area contributed by atoms with Gasteiger partial charge in [-0.25, -0.2) is 13.4 Å². The molecule has 0 atom stereocenters. The van der Waals surface area contributed by atoms with Crippen LogP contribution in [-0.4, -0.2) is 19.3 Å². The van der Waals surface area contributed by atoms with E-state index in [2.05, 4.69) is 15.0 Å². The summed E-state index contributed by atoms with van der Waals surface area (Å²) in [5.74, 6) is -0.381. The third-order valence-corrected chi connectivity index (χ3v) is 5.17. The summed E-state index contributed by atoms with van der Waals surface area (Å²) in [5.41, 5.74) is 1.02. The Labute approximate surface area is 168 Å². The summed E-state index contributed by atoms with van der Waals surface area (Å²) in [5, 5.41) is 11.8. The predicted molar refractivity (Wildman–Crippen MR) is 110 cm³/mol. The van der Waals surface area contributed by atoms with Gasteiger partial charge in [-0.15, -0.1) is 0 Å². The molecular formula is C21H16N4O3S. The summed E-state index contributed by atoms with van der Waals surface area (Å²) in [6.07, 6.45) is 2.96. The van der Waals surface area contributed by atoms with E-state index in [0.29, 0.717) is 5.69 Å². The highest BCUT2D eigenvalue weighted by molar-refractivity contribution is 7.92. The Kier molecular flexibility index (Phi) is 6.02. The lowest BCUT2D eigenvalue weighted by Crippen LogP contribution is -2.15. The Balaban J connectivity index is 1.72. The van der Waals surface area contributed by atoms with Crippen LogP contribution in [0.5, 0.6) is 0 Å². The number of anilines is 2. The van der Waals surface area contributed by atoms with Gasteiger partial charge < -0.3 is 5.32 Å². The Morgan fingerprint density at radius 1 is 0.966 bits per heavy atom. The number of aromatic nitrogens is 1. The lowest BCUT2D eigenvalue weighted by atomic mass is 10.1. The minimum atomic E-state index is -3.81. The van der Waals surface area contributed by atoms with Crippen LogP contribution in [-0.2, 0) is 14.8 Å². The summed E-state index contributed by atoms with van der Waals surface area (Å²) in [4.78, 5) is 16.3. The minimum Gasteiger partial charge on any atom is -0.321 e. The van der Waals surface area contributed by atoms with Crippen LogP contribution in [0, 0.1) is 11.3 Å². The number of rotatable bonds is 6. The lowest BCUT2D eigenvalue weighted by Gasteiger charge is -2.09. The number of carbonyl (C=O) groups is 1. The second kappa shape index (κ2) is 8.82. The monoisotopic (exact) mass is 404 g/mol. The van der Waals surface area contributed by atoms with Crippen LogP contribution in [0.3, 0.4) is 0 Å². The van der Waals surface area contributed by atoms with Gasteiger partial charge in [0.15, 0.2) is 0 Å². The van der Waals surface area contributed by atoms with Crippen LogP contribution in [0.1, 0.15) is 5.56 Å². The van der Waals surface area contributed by atoms with E-state index >= 15 is 0 Å². The van der Waals surface area contributed by atoms with Gasteiger partial charge in [0.25, 0.3) is 15.9 Å². The second-order valence-electron chi connectivity index (χ2n) is 5.88. The third kappa shape index (κ3) is 5.28. The van der Waals surface area contributed by atoms with Crippen molar-refractivity contribution >= 4 is 33.5 Å². The zero-order valence-electron chi connectivity index (χ0n) is 15.1. The highest BCUT2D eigenvalue weighted by Crippen LogP contribution is 2.18. The summed E-state index contributed by atoms with van der Waals surface area (Å²) in [6.45, 7) is 0. The molecule has 0 unspecified atom stereocenters. The van der Waals surface area contributed by atoms with E-state index in [-0.39, 0.29) is 16.3 Å². The van der Waals surface area contributed by atoms with Crippen molar-refractivity contribution < 1.29 is 13.2 Å². The molecule has 0 saturated heterocycles. The maximum atomic E-state index is 12.4. The topological polar surface area (TPSA) is 112 Å². The van der Waals surface area contributed by atoms with E-state index in [4.69, 9.17) is 0 Å². The van der Waals surface area contributed by atoms with Crippen molar-refractivity contribution in [3.05, 3.63) is 90.1 Å². The molecule has 0 radical (unpaired) electrons. The molecule has 7 nitrogen and oxygen atoms in total. The van der Waals surface area contributed by atoms with Gasteiger partial charge in [0, 0.05) is 11.9 Å². The molecule has 1 amide bonds. The number of sulfonamides is 1. The van der Waals surface area contributed by atoms with Gasteiger partial charge in [-0.1, -0.05) is 36.4 Å². The van der Waals surface area contributed by atoms with Crippen LogP contribution in [0.2, 0.25) is 0 Å². The number of hydrogen-bond acceptors (Lipinski definition) is 5. The molecule has 29 heavy (non-hydrogen) atoms. The summed E-state index contributed by atoms with van der Waals surface area (Å²) < 4.78 is 27.2. The molecule has 0 saturated carbocycles. The van der Waals surface area contributed by atoms with E-state index in [0.717, 1.165) is 5.56 Å². The number of nitrogens with one attached hydrogen (secondary N) is 2. The fraction of sp³-hybridized carbons (Fsp3) is 0. The Morgan fingerprint density at radius 2 is 1.66 bits per heavy atom. The minimum absolute atomic E-state index is 0.0153. The summed E-state index contributed by atoms with van der Waals surface area (Å²) >= 11 is 0. The highest BCUT2D eigenvalue weighted by atomic mass is 32.2. The van der Waals surface area contributed by atoms with Gasteiger partial charge in [0.05, 0.1) is 4.90 Å². The number of carbonyl (C=O) groups excluding carboxylic acids is 1. The van der Waals surface area contributed by atoms with Crippen molar-refractivity contribution in [1.82, 2.24) is 4.98 Å². The van der Waals surface area contributed by atoms with Crippen molar-refractivity contribution in [3.63, 3.8) is 0 Å². The fourth-order valence-corrected chi connectivity index (χ4v) is 3.41. The highest BCUT2D eigenvalue weighted by Gasteiger charge is 2.15. The van der Waals surface area contributed by atoms with Gasteiger partial charge in [-0.2, -0.15) is 5.26 Å². The molecular weight excluding hydrogens is 388 g/mol. The normalized spacial score (nSPS) is 11.3. The zero-order valence-corrected chi connectivity index (χ0v) is 15.9. The molecule has 0 aliphatic carbocycles. The Bertz CT molecular complexity index is 1170. The van der Waals surface area contributed by atoms with Gasteiger partial charge in [-0.05, 0) is 48.0 Å². The van der Waals surface area contributed by atoms with Gasteiger partial charge in [-0.3, -0.25) is 9.52 Å². The van der Waals surface area contributed by atoms with E-state index in [1.165, 1.54) is 42.6 Å². The maximum Gasteiger partial charge on any atom is 0.266 e. The summed E-state index contributed by atoms with van der Waals surface area (Å²) in [6, 6.07) is 21.3. The first-order chi connectivity index (χ1) is 14.0. The quantitative estimate of drug-likeness (QED) is 0.483. The first kappa shape index (κ1) is 19.8. The molecule has 1 aromatic heterocycles. The van der Waals surface area contributed by atoms with Crippen LogP contribution in [0.25, 0.3) is 6.08 Å². The number of pyridine rings is 1. The van der Waals surface area contributed by atoms with Crippen molar-refractivity contribution in [2.75, 3.05) is 10.0 Å². The molecule has 2 aromatic carbocycles. The predicted octanol–water partition coefficient (Wildman–Crippen LogP) is 3.43. The van der Waals surface area contributed by atoms with E-state index in [9.17, 15) is 18.5 Å². The van der Waals surface area contributed by atoms with Crippen LogP contribution in [0.15, 0.2) is 89.5 Å². The van der Waals surface area contributed by atoms with Crippen molar-refractivity contribution in [1.29, 1.82) is 5.26 Å². The largest absolute Gasteiger partial charge is 0.321 e. The lowest BCUT2D eigenvalue weighted by molar-refractivity contribution is -0.112. The molecule has 3 rings (SSSR count). The third-order valence-electron chi connectivity index (χ3n) is 3.80. The van der Waals surface area contributed by atoms with Crippen LogP contribution >= 0.6 is 0 Å². The van der Waals surface area contributed by atoms with Crippen molar-refractivity contribution in [2.24, 2.45) is 0 Å². The molecule has 144 valence electrons. The van der Waals surface area contributed by atoms with E-state index < -0.39 is 15.9 Å². The van der Waals surface area contributed by atoms with Gasteiger partial charge in [0.2, 0.25) is 0 Å². The molecule has 0 bridgehead atoms. The van der Waals surface area contributed by atoms with Gasteiger partial charge >= 0.3 is 0 Å². The van der Waals surface area contributed by atoms with Crippen molar-refractivity contribution in [2.45, 2.75) is 4.90 Å². The first-order valence-corrected chi connectivity index (χ1v) is 9.98. The molecule has 0 spiro atoms. The van der Waals surface area contributed by atoms with E-state index in [1.54, 1.807) is 36.4 Å². The number of benzene rings is 2. The van der Waals surface area contributed by atoms with Crippen molar-refractivity contribution in [3.8, 4) is 6.07 Å². The van der Waals surface area contributed by atoms with E-state index in [1.807, 2.05) is 12.1 Å². The molecule has 0 fully saturated rings. The molecule has 1 heterocycles. The number of nitrogens with zero attached hydrogens (tertiary/aromatic N) is 2. The second-order valence-corrected chi connectivity index (χ2v) is 7.56. The molecule has 0 aliphatic heterocycles. The fourth-order valence-electron chi connectivity index (χ4n) is 2.40. The molecule has 3 aromatic rings. The Morgan fingerprint density at radius 3 is 2.28 bits per heavy atom. The average Bonchev–Trinajstić information content (AvgIpc) is 2.73. The zero-order chi connectivity index (χ0) is 20.7. The molecule has 0 aliphatic rings. The number of hydrogen-bond donors (Lipinski definition) is 2. The van der Waals surface area contributed by atoms with Gasteiger partial charge in [0.1, 0.15) is 17.5 Å². The smallest absolute Gasteiger partial charge is 0.266 e.